The van der Waals surface area contributed by atoms with E-state index in [4.69, 9.17) is 4.74 Å². The molecule has 0 bridgehead atoms. The predicted octanol–water partition coefficient (Wildman–Crippen LogP) is 3.59. The smallest absolute Gasteiger partial charge is 0.423 e. The number of nitrogens with zero attached hydrogens (tertiary/aromatic N) is 4. The Morgan fingerprint density at radius 1 is 1.25 bits per heavy atom. The summed E-state index contributed by atoms with van der Waals surface area (Å²) in [4.78, 5) is 13.2. The highest BCUT2D eigenvalue weighted by Crippen LogP contribution is 2.42. The molecule has 0 saturated heterocycles. The Balaban J connectivity index is 2.09. The van der Waals surface area contributed by atoms with Gasteiger partial charge in [0.25, 0.3) is 0 Å². The van der Waals surface area contributed by atoms with Crippen LogP contribution < -0.4 is 4.74 Å². The zero-order valence-electron chi connectivity index (χ0n) is 11.5. The van der Waals surface area contributed by atoms with Crippen LogP contribution in [0.15, 0.2) is 36.8 Å². The fraction of sp³-hybridized carbons (Fsp3) is 0.0769. The summed E-state index contributed by atoms with van der Waals surface area (Å²) >= 11 is 0. The van der Waals surface area contributed by atoms with E-state index in [0.29, 0.717) is 17.8 Å². The van der Waals surface area contributed by atoms with Gasteiger partial charge in [0.15, 0.2) is 5.65 Å². The Kier molecular flexibility index (Phi) is 3.55. The van der Waals surface area contributed by atoms with Crippen LogP contribution in [-0.2, 0) is 6.18 Å². The first-order chi connectivity index (χ1) is 11.3. The van der Waals surface area contributed by atoms with Crippen molar-refractivity contribution in [2.45, 2.75) is 6.18 Å². The zero-order chi connectivity index (χ0) is 17.5. The minimum absolute atomic E-state index is 0.0609. The molecule has 2 heterocycles. The minimum atomic E-state index is -5.18. The normalized spacial score (nSPS) is 11.7. The number of aromatic nitrogens is 3. The van der Waals surface area contributed by atoms with Crippen LogP contribution >= 0.6 is 0 Å². The van der Waals surface area contributed by atoms with E-state index in [-0.39, 0.29) is 5.75 Å². The predicted molar refractivity (Wildman–Crippen MR) is 71.1 cm³/mol. The van der Waals surface area contributed by atoms with E-state index >= 15 is 0 Å². The van der Waals surface area contributed by atoms with Gasteiger partial charge in [-0.05, 0) is 12.1 Å². The second-order valence-electron chi connectivity index (χ2n) is 4.55. The van der Waals surface area contributed by atoms with E-state index < -0.39 is 33.9 Å². The summed E-state index contributed by atoms with van der Waals surface area (Å²) in [6.07, 6.45) is -2.57. The van der Waals surface area contributed by atoms with Gasteiger partial charge in [0, 0.05) is 18.3 Å². The van der Waals surface area contributed by atoms with E-state index in [1.807, 2.05) is 0 Å². The number of pyridine rings is 1. The number of benzene rings is 1. The molecule has 7 nitrogen and oxygen atoms in total. The first-order valence-corrected chi connectivity index (χ1v) is 6.28. The van der Waals surface area contributed by atoms with Crippen LogP contribution in [0.1, 0.15) is 5.56 Å². The lowest BCUT2D eigenvalue weighted by Crippen LogP contribution is -2.12. The van der Waals surface area contributed by atoms with Crippen LogP contribution in [0.4, 0.5) is 23.2 Å². The molecular weight excluding hydrogens is 336 g/mol. The lowest BCUT2D eigenvalue weighted by atomic mass is 10.1. The maximum Gasteiger partial charge on any atom is 0.423 e. The average Bonchev–Trinajstić information content (AvgIpc) is 2.93. The van der Waals surface area contributed by atoms with Crippen molar-refractivity contribution in [2.75, 3.05) is 0 Å². The molecule has 0 unspecified atom stereocenters. The van der Waals surface area contributed by atoms with Crippen molar-refractivity contribution in [3.05, 3.63) is 58.3 Å². The number of alkyl halides is 3. The molecular formula is C13H6F4N4O3. The summed E-state index contributed by atoms with van der Waals surface area (Å²) in [6.45, 7) is 0. The molecule has 0 aliphatic rings. The summed E-state index contributed by atoms with van der Waals surface area (Å²) in [5.41, 5.74) is -2.84. The van der Waals surface area contributed by atoms with Crippen LogP contribution in [-0.4, -0.2) is 19.5 Å². The summed E-state index contributed by atoms with van der Waals surface area (Å²) < 4.78 is 59.6. The Morgan fingerprint density at radius 2 is 2.00 bits per heavy atom. The topological polar surface area (TPSA) is 82.6 Å². The number of hydrogen-bond acceptors (Lipinski definition) is 5. The number of nitro groups is 1. The van der Waals surface area contributed by atoms with Crippen molar-refractivity contribution in [1.29, 1.82) is 0 Å². The maximum absolute atomic E-state index is 13.9. The quantitative estimate of drug-likeness (QED) is 0.413. The Hall–Kier alpha value is -3.24. The fourth-order valence-electron chi connectivity index (χ4n) is 2.02. The van der Waals surface area contributed by atoms with E-state index in [2.05, 4.69) is 10.1 Å². The van der Waals surface area contributed by atoms with Gasteiger partial charge in [-0.25, -0.2) is 9.50 Å². The fourth-order valence-corrected chi connectivity index (χ4v) is 2.02. The molecule has 0 saturated carbocycles. The lowest BCUT2D eigenvalue weighted by Gasteiger charge is -2.14. The van der Waals surface area contributed by atoms with Gasteiger partial charge < -0.3 is 4.74 Å². The summed E-state index contributed by atoms with van der Waals surface area (Å²) in [6, 6.07) is 3.88. The Morgan fingerprint density at radius 3 is 2.67 bits per heavy atom. The molecule has 0 fully saturated rings. The summed E-state index contributed by atoms with van der Waals surface area (Å²) in [5, 5.41) is 14.4. The zero-order valence-corrected chi connectivity index (χ0v) is 11.5. The first-order valence-electron chi connectivity index (χ1n) is 6.28. The second-order valence-corrected chi connectivity index (χ2v) is 4.55. The third kappa shape index (κ3) is 2.71. The molecule has 3 rings (SSSR count). The number of hydrogen-bond donors (Lipinski definition) is 0. The summed E-state index contributed by atoms with van der Waals surface area (Å²) in [7, 11) is 0. The Labute approximate surface area is 130 Å². The van der Waals surface area contributed by atoms with Gasteiger partial charge in [-0.15, -0.1) is 0 Å². The minimum Gasteiger partial charge on any atom is -0.456 e. The van der Waals surface area contributed by atoms with Crippen molar-refractivity contribution >= 4 is 11.3 Å². The van der Waals surface area contributed by atoms with Crippen LogP contribution in [0.5, 0.6) is 11.5 Å². The molecule has 24 heavy (non-hydrogen) atoms. The largest absolute Gasteiger partial charge is 0.456 e. The molecule has 0 aliphatic heterocycles. The number of halogens is 4. The highest BCUT2D eigenvalue weighted by Gasteiger charge is 2.41. The van der Waals surface area contributed by atoms with Crippen molar-refractivity contribution in [2.24, 2.45) is 0 Å². The number of fused-ring (bicyclic) bond motifs is 1. The van der Waals surface area contributed by atoms with Gasteiger partial charge in [0.2, 0.25) is 5.82 Å². The van der Waals surface area contributed by atoms with Crippen LogP contribution in [0.3, 0.4) is 0 Å². The SMILES string of the molecule is O=[N+]([O-])c1ccc(Oc2ccn3ncnc3c2)c(C(F)(F)F)c1F. The van der Waals surface area contributed by atoms with Crippen LogP contribution in [0.2, 0.25) is 0 Å². The molecule has 3 aromatic rings. The standard InChI is InChI=1S/C13H6F4N4O3/c14-12-8(21(22)23)1-2-9(11(12)13(15,16)17)24-7-3-4-20-10(5-7)18-6-19-20/h1-6H. The monoisotopic (exact) mass is 342 g/mol. The van der Waals surface area contributed by atoms with Crippen molar-refractivity contribution in [3.8, 4) is 11.5 Å². The molecule has 0 spiro atoms. The van der Waals surface area contributed by atoms with Crippen LogP contribution in [0, 0.1) is 15.9 Å². The molecule has 0 radical (unpaired) electrons. The van der Waals surface area contributed by atoms with E-state index in [0.717, 1.165) is 0 Å². The van der Waals surface area contributed by atoms with Gasteiger partial charge in [-0.3, -0.25) is 10.1 Å². The molecule has 1 aromatic carbocycles. The van der Waals surface area contributed by atoms with Gasteiger partial charge in [0.05, 0.1) is 4.92 Å². The molecule has 2 aromatic heterocycles. The lowest BCUT2D eigenvalue weighted by molar-refractivity contribution is -0.387. The van der Waals surface area contributed by atoms with Gasteiger partial charge in [0.1, 0.15) is 23.4 Å². The van der Waals surface area contributed by atoms with Crippen LogP contribution in [0.25, 0.3) is 5.65 Å². The average molecular weight is 342 g/mol. The first kappa shape index (κ1) is 15.6. The number of ether oxygens (including phenoxy) is 1. The van der Waals surface area contributed by atoms with Gasteiger partial charge >= 0.3 is 11.9 Å². The number of rotatable bonds is 3. The Bertz CT molecular complexity index is 939. The molecule has 0 atom stereocenters. The van der Waals surface area contributed by atoms with E-state index in [1.54, 1.807) is 0 Å². The highest BCUT2D eigenvalue weighted by molar-refractivity contribution is 5.50. The van der Waals surface area contributed by atoms with Crippen molar-refractivity contribution in [1.82, 2.24) is 14.6 Å². The van der Waals surface area contributed by atoms with Gasteiger partial charge in [-0.1, -0.05) is 0 Å². The van der Waals surface area contributed by atoms with Crippen molar-refractivity contribution < 1.29 is 27.2 Å². The summed E-state index contributed by atoms with van der Waals surface area (Å²) in [5.74, 6) is -2.96. The van der Waals surface area contributed by atoms with E-state index in [1.165, 1.54) is 29.2 Å². The highest BCUT2D eigenvalue weighted by atomic mass is 19.4. The van der Waals surface area contributed by atoms with Gasteiger partial charge in [-0.2, -0.15) is 22.7 Å². The third-order valence-electron chi connectivity index (χ3n) is 3.04. The van der Waals surface area contributed by atoms with E-state index in [9.17, 15) is 27.7 Å². The molecule has 0 amide bonds. The molecule has 11 heteroatoms. The molecule has 0 N–H and O–H groups in total. The number of nitro benzene ring substituents is 1. The second kappa shape index (κ2) is 5.44. The third-order valence-corrected chi connectivity index (χ3v) is 3.04. The van der Waals surface area contributed by atoms with Crippen molar-refractivity contribution in [3.63, 3.8) is 0 Å². The molecule has 124 valence electrons. The molecule has 0 aliphatic carbocycles. The maximum atomic E-state index is 13.9.